The van der Waals surface area contributed by atoms with E-state index < -0.39 is 10.7 Å². The predicted molar refractivity (Wildman–Crippen MR) is 117 cm³/mol. The van der Waals surface area contributed by atoms with E-state index in [-0.39, 0.29) is 16.3 Å². The van der Waals surface area contributed by atoms with Gasteiger partial charge in [0.05, 0.1) is 15.9 Å². The molecule has 0 aliphatic carbocycles. The summed E-state index contributed by atoms with van der Waals surface area (Å²) in [6.45, 7) is 8.23. The highest BCUT2D eigenvalue weighted by molar-refractivity contribution is 5.53. The van der Waals surface area contributed by atoms with E-state index in [4.69, 9.17) is 0 Å². The van der Waals surface area contributed by atoms with Crippen molar-refractivity contribution in [2.45, 2.75) is 0 Å². The topological polar surface area (TPSA) is 126 Å². The Balaban J connectivity index is 0.000000183. The van der Waals surface area contributed by atoms with Crippen LogP contribution in [0.25, 0.3) is 0 Å². The van der Waals surface area contributed by atoms with Gasteiger partial charge in [0, 0.05) is 76.2 Å². The first kappa shape index (κ1) is 24.1. The van der Waals surface area contributed by atoms with E-state index >= 15 is 0 Å². The van der Waals surface area contributed by atoms with Gasteiger partial charge in [-0.05, 0) is 12.1 Å². The van der Waals surface area contributed by atoms with Crippen molar-refractivity contribution in [3.05, 3.63) is 74.6 Å². The van der Waals surface area contributed by atoms with Crippen LogP contribution in [-0.4, -0.2) is 62.2 Å². The van der Waals surface area contributed by atoms with Crippen LogP contribution in [0.5, 0.6) is 0 Å². The number of hydrogen-bond acceptors (Lipinski definition) is 8. The van der Waals surface area contributed by atoms with Crippen LogP contribution in [0, 0.1) is 26.0 Å². The molecule has 2 fully saturated rings. The third-order valence-corrected chi connectivity index (χ3v) is 4.50. The van der Waals surface area contributed by atoms with Crippen LogP contribution in [0.1, 0.15) is 0 Å². The summed E-state index contributed by atoms with van der Waals surface area (Å²) in [5.41, 5.74) is 0.872. The minimum atomic E-state index is -0.636. The summed E-state index contributed by atoms with van der Waals surface area (Å²) in [5, 5.41) is 30.3. The molecular weight excluding hydrogens is 407 g/mol. The van der Waals surface area contributed by atoms with E-state index in [1.54, 1.807) is 12.1 Å². The summed E-state index contributed by atoms with van der Waals surface area (Å²) in [4.78, 5) is 21.8. The summed E-state index contributed by atoms with van der Waals surface area (Å²) in [6.07, 6.45) is 0. The molecule has 10 nitrogen and oxygen atoms in total. The molecule has 0 atom stereocenters. The fourth-order valence-electron chi connectivity index (χ4n) is 2.92. The van der Waals surface area contributed by atoms with Crippen molar-refractivity contribution >= 4 is 17.1 Å². The van der Waals surface area contributed by atoms with Gasteiger partial charge in [-0.2, -0.15) is 0 Å². The van der Waals surface area contributed by atoms with Crippen molar-refractivity contribution in [1.82, 2.24) is 16.0 Å². The Labute approximate surface area is 179 Å². The van der Waals surface area contributed by atoms with E-state index in [1.165, 1.54) is 18.2 Å². The number of benzene rings is 2. The predicted octanol–water partition coefficient (Wildman–Crippen LogP) is 1.92. The Kier molecular flexibility index (Phi) is 10.3. The molecule has 2 aliphatic rings. The molecular formula is C20H27FN6O4. The number of nitrogens with one attached hydrogen (secondary N) is 3. The minimum absolute atomic E-state index is 0.158. The molecule has 2 heterocycles. The number of non-ortho nitro benzene ring substituents is 2. The molecule has 2 saturated heterocycles. The Morgan fingerprint density at radius 2 is 1.23 bits per heavy atom. The molecule has 31 heavy (non-hydrogen) atoms. The highest BCUT2D eigenvalue weighted by atomic mass is 19.1. The number of nitro groups is 2. The number of halogens is 1. The lowest BCUT2D eigenvalue weighted by Gasteiger charge is -2.29. The van der Waals surface area contributed by atoms with E-state index in [2.05, 4.69) is 20.9 Å². The second-order valence-corrected chi connectivity index (χ2v) is 6.75. The van der Waals surface area contributed by atoms with E-state index in [0.29, 0.717) is 0 Å². The van der Waals surface area contributed by atoms with Crippen LogP contribution in [0.4, 0.5) is 21.5 Å². The number of piperazine rings is 2. The number of hydrogen-bond donors (Lipinski definition) is 3. The van der Waals surface area contributed by atoms with Gasteiger partial charge in [-0.1, -0.05) is 12.1 Å². The maximum Gasteiger partial charge on any atom is 0.272 e. The molecule has 0 saturated carbocycles. The smallest absolute Gasteiger partial charge is 0.272 e. The zero-order valence-electron chi connectivity index (χ0n) is 17.1. The third-order valence-electron chi connectivity index (χ3n) is 4.50. The monoisotopic (exact) mass is 434 g/mol. The van der Waals surface area contributed by atoms with Crippen molar-refractivity contribution in [1.29, 1.82) is 0 Å². The quantitative estimate of drug-likeness (QED) is 0.494. The SMILES string of the molecule is C1CNCCN1.O=[N+]([O-])c1cccc(F)c1.O=[N+]([O-])c1cccc(N2CCNCC2)c1. The fraction of sp³-hybridized carbons (Fsp3) is 0.400. The van der Waals surface area contributed by atoms with E-state index in [1.807, 2.05) is 6.07 Å². The van der Waals surface area contributed by atoms with Crippen LogP contribution in [0.3, 0.4) is 0 Å². The zero-order valence-corrected chi connectivity index (χ0v) is 17.1. The van der Waals surface area contributed by atoms with Gasteiger partial charge in [-0.25, -0.2) is 4.39 Å². The number of nitrogens with zero attached hydrogens (tertiary/aromatic N) is 3. The number of rotatable bonds is 3. The van der Waals surface area contributed by atoms with Gasteiger partial charge in [0.25, 0.3) is 11.4 Å². The maximum absolute atomic E-state index is 12.2. The van der Waals surface area contributed by atoms with Crippen LogP contribution in [-0.2, 0) is 0 Å². The Bertz CT molecular complexity index is 832. The number of nitro benzene ring substituents is 2. The van der Waals surface area contributed by atoms with Crippen LogP contribution < -0.4 is 20.9 Å². The normalized spacial score (nSPS) is 15.6. The van der Waals surface area contributed by atoms with Crippen molar-refractivity contribution in [3.8, 4) is 0 Å². The molecule has 11 heteroatoms. The summed E-state index contributed by atoms with van der Waals surface area (Å²) < 4.78 is 12.2. The Hall–Kier alpha value is -3.15. The summed E-state index contributed by atoms with van der Waals surface area (Å²) in [6, 6.07) is 11.4. The average molecular weight is 434 g/mol. The molecule has 4 rings (SSSR count). The second-order valence-electron chi connectivity index (χ2n) is 6.75. The van der Waals surface area contributed by atoms with Crippen molar-refractivity contribution in [3.63, 3.8) is 0 Å². The average Bonchev–Trinajstić information content (AvgIpc) is 2.82. The minimum Gasteiger partial charge on any atom is -0.369 e. The van der Waals surface area contributed by atoms with Crippen LogP contribution >= 0.6 is 0 Å². The van der Waals surface area contributed by atoms with Crippen LogP contribution in [0.15, 0.2) is 48.5 Å². The second kappa shape index (κ2) is 13.2. The van der Waals surface area contributed by atoms with Gasteiger partial charge in [-0.3, -0.25) is 20.2 Å². The molecule has 0 spiro atoms. The lowest BCUT2D eigenvalue weighted by Crippen LogP contribution is -2.43. The van der Waals surface area contributed by atoms with Gasteiger partial charge < -0.3 is 20.9 Å². The van der Waals surface area contributed by atoms with Crippen molar-refractivity contribution in [2.75, 3.05) is 57.3 Å². The van der Waals surface area contributed by atoms with Gasteiger partial charge >= 0.3 is 0 Å². The molecule has 2 aromatic rings. The van der Waals surface area contributed by atoms with E-state index in [0.717, 1.165) is 70.2 Å². The highest BCUT2D eigenvalue weighted by Gasteiger charge is 2.13. The van der Waals surface area contributed by atoms with Crippen molar-refractivity contribution < 1.29 is 14.2 Å². The fourth-order valence-corrected chi connectivity index (χ4v) is 2.92. The molecule has 2 aromatic carbocycles. The molecule has 0 aromatic heterocycles. The molecule has 3 N–H and O–H groups in total. The standard InChI is InChI=1S/C10H13N3O2.C6H4FNO2.C4H10N2/c14-13(15)10-3-1-2-9(8-10)12-6-4-11-5-7-12;7-5-2-1-3-6(4-5)8(9)10;1-2-6-4-3-5-1/h1-3,8,11H,4-7H2;1-4H;5-6H,1-4H2. The van der Waals surface area contributed by atoms with Gasteiger partial charge in [0.15, 0.2) is 0 Å². The summed E-state index contributed by atoms with van der Waals surface area (Å²) >= 11 is 0. The van der Waals surface area contributed by atoms with Gasteiger partial charge in [-0.15, -0.1) is 0 Å². The first-order valence-electron chi connectivity index (χ1n) is 9.99. The van der Waals surface area contributed by atoms with Gasteiger partial charge in [0.1, 0.15) is 5.82 Å². The lowest BCUT2D eigenvalue weighted by molar-refractivity contribution is -0.385. The van der Waals surface area contributed by atoms with E-state index in [9.17, 15) is 24.6 Å². The molecule has 0 amide bonds. The summed E-state index contributed by atoms with van der Waals surface area (Å²) in [7, 11) is 0. The lowest BCUT2D eigenvalue weighted by atomic mass is 10.2. The van der Waals surface area contributed by atoms with Gasteiger partial charge in [0.2, 0.25) is 0 Å². The zero-order chi connectivity index (χ0) is 22.5. The molecule has 0 bridgehead atoms. The maximum atomic E-state index is 12.2. The third kappa shape index (κ3) is 9.03. The Morgan fingerprint density at radius 1 is 0.742 bits per heavy atom. The first-order valence-corrected chi connectivity index (χ1v) is 9.99. The Morgan fingerprint density at radius 3 is 1.68 bits per heavy atom. The van der Waals surface area contributed by atoms with Crippen molar-refractivity contribution in [2.24, 2.45) is 0 Å². The largest absolute Gasteiger partial charge is 0.369 e. The summed E-state index contributed by atoms with van der Waals surface area (Å²) in [5.74, 6) is -0.589. The molecule has 2 aliphatic heterocycles. The molecule has 0 unspecified atom stereocenters. The van der Waals surface area contributed by atoms with Crippen LogP contribution in [0.2, 0.25) is 0 Å². The number of anilines is 1. The first-order chi connectivity index (χ1) is 15.0. The molecule has 168 valence electrons. The highest BCUT2D eigenvalue weighted by Crippen LogP contribution is 2.21. The molecule has 0 radical (unpaired) electrons.